The number of hydrogen-bond acceptors (Lipinski definition) is 3. The van der Waals surface area contributed by atoms with Crippen LogP contribution in [0.3, 0.4) is 0 Å². The van der Waals surface area contributed by atoms with Gasteiger partial charge in [-0.25, -0.2) is 4.79 Å². The number of carbonyl (C=O) groups is 1. The summed E-state index contributed by atoms with van der Waals surface area (Å²) in [7, 11) is 0. The van der Waals surface area contributed by atoms with E-state index in [9.17, 15) is 4.79 Å². The monoisotopic (exact) mass is 360 g/mol. The Bertz CT molecular complexity index is 965. The van der Waals surface area contributed by atoms with E-state index in [1.807, 2.05) is 30.5 Å². The topological polar surface area (TPSA) is 43.6 Å². The predicted octanol–water partition coefficient (Wildman–Crippen LogP) is 5.33. The molecule has 0 aliphatic rings. The van der Waals surface area contributed by atoms with Crippen molar-refractivity contribution in [3.63, 3.8) is 0 Å². The maximum absolute atomic E-state index is 11.8. The summed E-state index contributed by atoms with van der Waals surface area (Å²) in [6, 6.07) is 17.7. The van der Waals surface area contributed by atoms with Gasteiger partial charge >= 0.3 is 5.97 Å². The average Bonchev–Trinajstić information content (AvgIpc) is 2.95. The van der Waals surface area contributed by atoms with Crippen LogP contribution in [0, 0.1) is 20.8 Å². The molecule has 4 nitrogen and oxygen atoms in total. The smallest absolute Gasteiger partial charge is 0.338 e. The first-order valence-electron chi connectivity index (χ1n) is 9.07. The molecule has 0 bridgehead atoms. The third kappa shape index (κ3) is 4.17. The fraction of sp³-hybridized carbons (Fsp3) is 0.217. The van der Waals surface area contributed by atoms with E-state index in [0.717, 1.165) is 28.3 Å². The first-order valence-corrected chi connectivity index (χ1v) is 9.07. The van der Waals surface area contributed by atoms with Gasteiger partial charge in [0.1, 0.15) is 0 Å². The molecule has 0 atom stereocenters. The summed E-state index contributed by atoms with van der Waals surface area (Å²) >= 11 is 0. The third-order valence-electron chi connectivity index (χ3n) is 4.49. The van der Waals surface area contributed by atoms with E-state index >= 15 is 0 Å². The summed E-state index contributed by atoms with van der Waals surface area (Å²) < 4.78 is 7.20. The van der Waals surface area contributed by atoms with E-state index in [1.165, 1.54) is 5.56 Å². The second-order valence-electron chi connectivity index (χ2n) is 6.52. The lowest BCUT2D eigenvalue weighted by atomic mass is 10.2. The predicted molar refractivity (Wildman–Crippen MR) is 110 cm³/mol. The van der Waals surface area contributed by atoms with Crippen LogP contribution in [0.2, 0.25) is 0 Å². The van der Waals surface area contributed by atoms with Gasteiger partial charge in [0.05, 0.1) is 17.9 Å². The van der Waals surface area contributed by atoms with Crippen molar-refractivity contribution in [2.75, 3.05) is 6.61 Å². The second-order valence-corrected chi connectivity index (χ2v) is 6.52. The van der Waals surface area contributed by atoms with Crippen LogP contribution in [0.5, 0.6) is 0 Å². The normalized spacial score (nSPS) is 11.1. The fourth-order valence-electron chi connectivity index (χ4n) is 3.05. The van der Waals surface area contributed by atoms with Gasteiger partial charge in [0.2, 0.25) is 0 Å². The molecule has 4 heteroatoms. The standard InChI is InChI=1S/C23H24N2O2/c1-5-27-23(26)19-8-12-22(13-9-19)25-17(3)14-20(18(25)4)15-24-21-10-6-16(2)7-11-21/h6-15H,5H2,1-4H3. The van der Waals surface area contributed by atoms with Gasteiger partial charge in [-0.15, -0.1) is 0 Å². The van der Waals surface area contributed by atoms with E-state index in [1.54, 1.807) is 19.1 Å². The summed E-state index contributed by atoms with van der Waals surface area (Å²) in [5, 5.41) is 0. The Hall–Kier alpha value is -3.14. The van der Waals surface area contributed by atoms with Crippen LogP contribution in [-0.4, -0.2) is 23.4 Å². The second kappa shape index (κ2) is 8.04. The minimum Gasteiger partial charge on any atom is -0.462 e. The molecule has 0 N–H and O–H groups in total. The minimum absolute atomic E-state index is 0.295. The molecule has 0 amide bonds. The Balaban J connectivity index is 1.87. The quantitative estimate of drug-likeness (QED) is 0.456. The van der Waals surface area contributed by atoms with Crippen LogP contribution in [0.1, 0.15) is 39.8 Å². The number of aliphatic imine (C=N–C) groups is 1. The van der Waals surface area contributed by atoms with Crippen LogP contribution in [0.15, 0.2) is 59.6 Å². The van der Waals surface area contributed by atoms with Crippen molar-refractivity contribution in [3.05, 3.63) is 82.7 Å². The third-order valence-corrected chi connectivity index (χ3v) is 4.49. The van der Waals surface area contributed by atoms with E-state index in [4.69, 9.17) is 4.74 Å². The van der Waals surface area contributed by atoms with Crippen molar-refractivity contribution >= 4 is 17.9 Å². The zero-order valence-electron chi connectivity index (χ0n) is 16.2. The Kier molecular flexibility index (Phi) is 5.55. The average molecular weight is 360 g/mol. The number of hydrogen-bond donors (Lipinski definition) is 0. The van der Waals surface area contributed by atoms with Crippen molar-refractivity contribution in [1.82, 2.24) is 4.57 Å². The van der Waals surface area contributed by atoms with Gasteiger partial charge < -0.3 is 9.30 Å². The molecular weight excluding hydrogens is 336 g/mol. The molecule has 0 unspecified atom stereocenters. The molecule has 1 heterocycles. The first-order chi connectivity index (χ1) is 13.0. The summed E-state index contributed by atoms with van der Waals surface area (Å²) in [5.41, 5.74) is 7.01. The van der Waals surface area contributed by atoms with E-state index < -0.39 is 0 Å². The molecule has 0 saturated carbocycles. The lowest BCUT2D eigenvalue weighted by Gasteiger charge is -2.10. The van der Waals surface area contributed by atoms with Gasteiger partial charge in [-0.05, 0) is 70.2 Å². The molecule has 1 aromatic heterocycles. The summed E-state index contributed by atoms with van der Waals surface area (Å²) in [6.07, 6.45) is 1.90. The van der Waals surface area contributed by atoms with Gasteiger partial charge in [-0.2, -0.15) is 0 Å². The van der Waals surface area contributed by atoms with Crippen LogP contribution in [0.4, 0.5) is 5.69 Å². The summed E-state index contributed by atoms with van der Waals surface area (Å²) in [5.74, 6) is -0.295. The molecule has 0 aliphatic heterocycles. The van der Waals surface area contributed by atoms with Crippen LogP contribution in [0.25, 0.3) is 5.69 Å². The van der Waals surface area contributed by atoms with E-state index in [2.05, 4.69) is 48.5 Å². The van der Waals surface area contributed by atoms with Gasteiger partial charge in [0.15, 0.2) is 0 Å². The molecule has 0 spiro atoms. The van der Waals surface area contributed by atoms with Crippen LogP contribution >= 0.6 is 0 Å². The number of aromatic nitrogens is 1. The van der Waals surface area contributed by atoms with Gasteiger partial charge in [0.25, 0.3) is 0 Å². The molecule has 0 aliphatic carbocycles. The zero-order valence-corrected chi connectivity index (χ0v) is 16.2. The van der Waals surface area contributed by atoms with E-state index in [0.29, 0.717) is 12.2 Å². The summed E-state index contributed by atoms with van der Waals surface area (Å²) in [6.45, 7) is 8.38. The number of benzene rings is 2. The zero-order chi connectivity index (χ0) is 19.4. The largest absolute Gasteiger partial charge is 0.462 e. The molecule has 0 fully saturated rings. The molecule has 0 radical (unpaired) electrons. The van der Waals surface area contributed by atoms with Crippen molar-refractivity contribution in [3.8, 4) is 5.69 Å². The van der Waals surface area contributed by atoms with Crippen molar-refractivity contribution in [2.24, 2.45) is 4.99 Å². The lowest BCUT2D eigenvalue weighted by Crippen LogP contribution is -2.05. The number of rotatable bonds is 5. The maximum Gasteiger partial charge on any atom is 0.338 e. The van der Waals surface area contributed by atoms with Crippen LogP contribution in [-0.2, 0) is 4.74 Å². The highest BCUT2D eigenvalue weighted by Gasteiger charge is 2.11. The highest BCUT2D eigenvalue weighted by molar-refractivity contribution is 5.89. The fourth-order valence-corrected chi connectivity index (χ4v) is 3.05. The highest BCUT2D eigenvalue weighted by Crippen LogP contribution is 2.21. The summed E-state index contributed by atoms with van der Waals surface area (Å²) in [4.78, 5) is 16.4. The number of ether oxygens (including phenoxy) is 1. The van der Waals surface area contributed by atoms with Crippen molar-refractivity contribution in [2.45, 2.75) is 27.7 Å². The molecule has 3 aromatic rings. The molecular formula is C23H24N2O2. The van der Waals surface area contributed by atoms with Gasteiger partial charge in [-0.1, -0.05) is 17.7 Å². The highest BCUT2D eigenvalue weighted by atomic mass is 16.5. The molecule has 27 heavy (non-hydrogen) atoms. The van der Waals surface area contributed by atoms with Crippen LogP contribution < -0.4 is 0 Å². The Morgan fingerprint density at radius 3 is 2.33 bits per heavy atom. The molecule has 0 saturated heterocycles. The number of esters is 1. The Morgan fingerprint density at radius 2 is 1.70 bits per heavy atom. The van der Waals surface area contributed by atoms with Gasteiger partial charge in [-0.3, -0.25) is 4.99 Å². The lowest BCUT2D eigenvalue weighted by molar-refractivity contribution is 0.0526. The molecule has 138 valence electrons. The Labute approximate surface area is 160 Å². The molecule has 2 aromatic carbocycles. The number of aryl methyl sites for hydroxylation is 2. The number of nitrogens with zero attached hydrogens (tertiary/aromatic N) is 2. The van der Waals surface area contributed by atoms with Gasteiger partial charge in [0, 0.05) is 28.9 Å². The first kappa shape index (κ1) is 18.6. The maximum atomic E-state index is 11.8. The minimum atomic E-state index is -0.295. The van der Waals surface area contributed by atoms with E-state index in [-0.39, 0.29) is 5.97 Å². The Morgan fingerprint density at radius 1 is 1.04 bits per heavy atom. The van der Waals surface area contributed by atoms with Crippen molar-refractivity contribution in [1.29, 1.82) is 0 Å². The number of carbonyl (C=O) groups excluding carboxylic acids is 1. The molecule has 3 rings (SSSR count). The van der Waals surface area contributed by atoms with Crippen molar-refractivity contribution < 1.29 is 9.53 Å². The SMILES string of the molecule is CCOC(=O)c1ccc(-n2c(C)cc(C=Nc3ccc(C)cc3)c2C)cc1.